The maximum atomic E-state index is 14.1. The third kappa shape index (κ3) is 4.20. The van der Waals surface area contributed by atoms with Gasteiger partial charge in [0.1, 0.15) is 5.82 Å². The molecule has 3 aliphatic rings. The monoisotopic (exact) mass is 450 g/mol. The van der Waals surface area contributed by atoms with E-state index in [9.17, 15) is 4.79 Å². The van der Waals surface area contributed by atoms with E-state index in [-0.39, 0.29) is 23.8 Å². The molecule has 7 heteroatoms. The van der Waals surface area contributed by atoms with Crippen LogP contribution in [0.25, 0.3) is 0 Å². The average Bonchev–Trinajstić information content (AvgIpc) is 3.02. The molecular weight excluding hydrogens is 416 g/mol. The second kappa shape index (κ2) is 9.31. The van der Waals surface area contributed by atoms with Crippen molar-refractivity contribution in [1.29, 1.82) is 0 Å². The molecule has 1 saturated heterocycles. The molecule has 2 aromatic rings. The molecule has 1 N–H and O–H groups in total. The molecule has 0 spiro atoms. The van der Waals surface area contributed by atoms with E-state index in [1.54, 1.807) is 13.3 Å². The van der Waals surface area contributed by atoms with Gasteiger partial charge in [0.2, 0.25) is 5.91 Å². The SMILES string of the molecule is COC1CCC(C(=O)N2Cc3cccnc3Nc3ccc(N4CCOCC4)cc32)C(C)C1C. The smallest absolute Gasteiger partial charge is 0.230 e. The number of hydrogen-bond acceptors (Lipinski definition) is 6. The van der Waals surface area contributed by atoms with E-state index in [1.165, 1.54) is 0 Å². The van der Waals surface area contributed by atoms with Gasteiger partial charge in [-0.2, -0.15) is 0 Å². The van der Waals surface area contributed by atoms with Gasteiger partial charge in [-0.1, -0.05) is 19.9 Å². The molecule has 176 valence electrons. The number of fused-ring (bicyclic) bond motifs is 2. The number of carbonyl (C=O) groups excluding carboxylic acids is 1. The number of benzene rings is 1. The summed E-state index contributed by atoms with van der Waals surface area (Å²) < 4.78 is 11.2. The number of morpholine rings is 1. The van der Waals surface area contributed by atoms with Crippen LogP contribution in [0.3, 0.4) is 0 Å². The Hall–Kier alpha value is -2.64. The summed E-state index contributed by atoms with van der Waals surface area (Å²) >= 11 is 0. The molecule has 33 heavy (non-hydrogen) atoms. The third-order valence-corrected chi connectivity index (χ3v) is 7.82. The number of carbonyl (C=O) groups is 1. The van der Waals surface area contributed by atoms with Crippen molar-refractivity contribution in [3.8, 4) is 0 Å². The Morgan fingerprint density at radius 1 is 1.15 bits per heavy atom. The minimum atomic E-state index is -0.0236. The van der Waals surface area contributed by atoms with Crippen molar-refractivity contribution in [2.75, 3.05) is 48.5 Å². The van der Waals surface area contributed by atoms with Crippen LogP contribution in [0.5, 0.6) is 0 Å². The van der Waals surface area contributed by atoms with Crippen LogP contribution in [0.2, 0.25) is 0 Å². The zero-order valence-electron chi connectivity index (χ0n) is 19.8. The molecule has 0 bridgehead atoms. The molecule has 4 atom stereocenters. The zero-order chi connectivity index (χ0) is 22.9. The van der Waals surface area contributed by atoms with Crippen molar-refractivity contribution in [3.63, 3.8) is 0 Å². The van der Waals surface area contributed by atoms with Crippen LogP contribution in [-0.4, -0.2) is 50.4 Å². The van der Waals surface area contributed by atoms with Gasteiger partial charge < -0.3 is 24.6 Å². The molecule has 1 amide bonds. The summed E-state index contributed by atoms with van der Waals surface area (Å²) in [4.78, 5) is 23.0. The molecule has 1 aromatic heterocycles. The minimum absolute atomic E-state index is 0.0236. The first kappa shape index (κ1) is 22.2. The fraction of sp³-hybridized carbons (Fsp3) is 0.538. The number of ether oxygens (including phenoxy) is 2. The Bertz CT molecular complexity index is 1010. The number of amides is 1. The predicted molar refractivity (Wildman–Crippen MR) is 130 cm³/mol. The maximum absolute atomic E-state index is 14.1. The zero-order valence-corrected chi connectivity index (χ0v) is 19.8. The molecule has 1 saturated carbocycles. The van der Waals surface area contributed by atoms with E-state index in [4.69, 9.17) is 9.47 Å². The van der Waals surface area contributed by atoms with Crippen molar-refractivity contribution in [2.45, 2.75) is 39.3 Å². The van der Waals surface area contributed by atoms with E-state index >= 15 is 0 Å². The Balaban J connectivity index is 1.52. The number of hydrogen-bond donors (Lipinski definition) is 1. The van der Waals surface area contributed by atoms with Crippen molar-refractivity contribution in [3.05, 3.63) is 42.1 Å². The first-order valence-corrected chi connectivity index (χ1v) is 12.1. The van der Waals surface area contributed by atoms with Crippen molar-refractivity contribution < 1.29 is 14.3 Å². The molecule has 3 heterocycles. The minimum Gasteiger partial charge on any atom is -0.381 e. The molecule has 2 fully saturated rings. The quantitative estimate of drug-likeness (QED) is 0.756. The summed E-state index contributed by atoms with van der Waals surface area (Å²) in [5.74, 6) is 1.59. The summed E-state index contributed by atoms with van der Waals surface area (Å²) in [5, 5.41) is 3.49. The molecule has 0 radical (unpaired) electrons. The van der Waals surface area contributed by atoms with Gasteiger partial charge >= 0.3 is 0 Å². The molecule has 5 rings (SSSR count). The Morgan fingerprint density at radius 2 is 1.97 bits per heavy atom. The van der Waals surface area contributed by atoms with Gasteiger partial charge in [-0.15, -0.1) is 0 Å². The molecule has 1 aromatic carbocycles. The van der Waals surface area contributed by atoms with Gasteiger partial charge in [-0.25, -0.2) is 4.98 Å². The topological polar surface area (TPSA) is 66.9 Å². The van der Waals surface area contributed by atoms with Crippen molar-refractivity contribution in [2.24, 2.45) is 17.8 Å². The number of nitrogens with one attached hydrogen (secondary N) is 1. The first-order chi connectivity index (χ1) is 16.1. The summed E-state index contributed by atoms with van der Waals surface area (Å²) in [6, 6.07) is 10.4. The summed E-state index contributed by atoms with van der Waals surface area (Å²) in [7, 11) is 1.78. The van der Waals surface area contributed by atoms with Crippen LogP contribution in [0, 0.1) is 17.8 Å². The van der Waals surface area contributed by atoms with Crippen molar-refractivity contribution >= 4 is 28.8 Å². The maximum Gasteiger partial charge on any atom is 0.230 e. The predicted octanol–water partition coefficient (Wildman–Crippen LogP) is 4.21. The second-order valence-corrected chi connectivity index (χ2v) is 9.54. The molecule has 2 aliphatic heterocycles. The number of nitrogens with zero attached hydrogens (tertiary/aromatic N) is 3. The highest BCUT2D eigenvalue weighted by atomic mass is 16.5. The highest BCUT2D eigenvalue weighted by molar-refractivity contribution is 6.00. The lowest BCUT2D eigenvalue weighted by molar-refractivity contribution is -0.128. The lowest BCUT2D eigenvalue weighted by atomic mass is 9.71. The van der Waals surface area contributed by atoms with Gasteiger partial charge in [-0.05, 0) is 48.9 Å². The largest absolute Gasteiger partial charge is 0.381 e. The van der Waals surface area contributed by atoms with Crippen LogP contribution >= 0.6 is 0 Å². The normalized spacial score (nSPS) is 27.2. The summed E-state index contributed by atoms with van der Waals surface area (Å²) in [6.45, 7) is 8.10. The fourth-order valence-corrected chi connectivity index (χ4v) is 5.58. The molecule has 4 unspecified atom stereocenters. The van der Waals surface area contributed by atoms with Crippen LogP contribution in [-0.2, 0) is 20.8 Å². The Kier molecular flexibility index (Phi) is 6.25. The number of aromatic nitrogens is 1. The van der Waals surface area contributed by atoms with E-state index < -0.39 is 0 Å². The number of methoxy groups -OCH3 is 1. The van der Waals surface area contributed by atoms with E-state index in [2.05, 4.69) is 53.3 Å². The third-order valence-electron chi connectivity index (χ3n) is 7.82. The first-order valence-electron chi connectivity index (χ1n) is 12.1. The lowest BCUT2D eigenvalue weighted by Crippen LogP contribution is -2.45. The van der Waals surface area contributed by atoms with E-state index in [1.807, 2.05) is 11.0 Å². The van der Waals surface area contributed by atoms with Gasteiger partial charge in [0.25, 0.3) is 0 Å². The number of rotatable bonds is 3. The standard InChI is InChI=1S/C26H34N4O3/c1-17-18(2)24(32-3)9-7-21(17)26(31)30-16-19-5-4-10-27-25(19)28-22-8-6-20(15-23(22)30)29-11-13-33-14-12-29/h4-6,8,10,15,17-18,21,24H,7,9,11-14,16H2,1-3H3,(H,27,28). The molecule has 1 aliphatic carbocycles. The highest BCUT2D eigenvalue weighted by Crippen LogP contribution is 2.42. The number of anilines is 4. The average molecular weight is 451 g/mol. The Morgan fingerprint density at radius 3 is 2.76 bits per heavy atom. The molecule has 7 nitrogen and oxygen atoms in total. The molecular formula is C26H34N4O3. The van der Waals surface area contributed by atoms with Gasteiger partial charge in [0.15, 0.2) is 0 Å². The summed E-state index contributed by atoms with van der Waals surface area (Å²) in [5.41, 5.74) is 4.00. The van der Waals surface area contributed by atoms with Crippen LogP contribution in [0.4, 0.5) is 22.9 Å². The fourth-order valence-electron chi connectivity index (χ4n) is 5.58. The van der Waals surface area contributed by atoms with Gasteiger partial charge in [-0.3, -0.25) is 4.79 Å². The van der Waals surface area contributed by atoms with Gasteiger partial charge in [0.05, 0.1) is 37.2 Å². The van der Waals surface area contributed by atoms with Crippen LogP contribution in [0.1, 0.15) is 32.3 Å². The van der Waals surface area contributed by atoms with Gasteiger partial charge in [0, 0.05) is 43.6 Å². The summed E-state index contributed by atoms with van der Waals surface area (Å²) in [6.07, 6.45) is 3.79. The Labute approximate surface area is 196 Å². The van der Waals surface area contributed by atoms with Crippen molar-refractivity contribution in [1.82, 2.24) is 4.98 Å². The second-order valence-electron chi connectivity index (χ2n) is 9.54. The van der Waals surface area contributed by atoms with Crippen LogP contribution in [0.15, 0.2) is 36.5 Å². The lowest BCUT2D eigenvalue weighted by Gasteiger charge is -2.40. The highest BCUT2D eigenvalue weighted by Gasteiger charge is 2.40. The number of pyridine rings is 1. The van der Waals surface area contributed by atoms with E-state index in [0.29, 0.717) is 12.5 Å². The van der Waals surface area contributed by atoms with E-state index in [0.717, 1.165) is 67.6 Å². The van der Waals surface area contributed by atoms with Crippen LogP contribution < -0.4 is 15.1 Å².